The zero-order valence-electron chi connectivity index (χ0n) is 15.5. The van der Waals surface area contributed by atoms with Gasteiger partial charge >= 0.3 is 0 Å². The highest BCUT2D eigenvalue weighted by molar-refractivity contribution is 7.98. The highest BCUT2D eigenvalue weighted by atomic mass is 32.2. The van der Waals surface area contributed by atoms with Gasteiger partial charge in [-0.3, -0.25) is 9.59 Å². The van der Waals surface area contributed by atoms with Crippen LogP contribution in [0, 0.1) is 5.92 Å². The lowest BCUT2D eigenvalue weighted by molar-refractivity contribution is -0.119. The molecular weight excluding hydrogens is 346 g/mol. The molecule has 3 N–H and O–H groups in total. The van der Waals surface area contributed by atoms with Gasteiger partial charge in [-0.25, -0.2) is 0 Å². The minimum absolute atomic E-state index is 0.0223. The van der Waals surface area contributed by atoms with Crippen LogP contribution in [-0.4, -0.2) is 24.1 Å². The number of anilines is 3. The van der Waals surface area contributed by atoms with Crippen LogP contribution in [0.5, 0.6) is 0 Å². The third-order valence-electron chi connectivity index (χ3n) is 3.82. The fourth-order valence-electron chi connectivity index (χ4n) is 2.24. The molecule has 2 aromatic rings. The molecule has 1 atom stereocenters. The summed E-state index contributed by atoms with van der Waals surface area (Å²) in [5.74, 6) is -0.199. The molecule has 0 fully saturated rings. The van der Waals surface area contributed by atoms with Gasteiger partial charge in [-0.15, -0.1) is 11.8 Å². The number of carbonyl (C=O) groups excluding carboxylic acids is 2. The third-order valence-corrected chi connectivity index (χ3v) is 4.61. The Bertz CT molecular complexity index is 760. The third kappa shape index (κ3) is 5.52. The van der Waals surface area contributed by atoms with Gasteiger partial charge in [0.2, 0.25) is 11.8 Å². The van der Waals surface area contributed by atoms with E-state index >= 15 is 0 Å². The highest BCUT2D eigenvalue weighted by Crippen LogP contribution is 2.25. The molecule has 0 aliphatic rings. The summed E-state index contributed by atoms with van der Waals surface area (Å²) in [4.78, 5) is 25.2. The SMILES string of the molecule is CSc1ccccc1NC(=O)[C@H](C)Nc1ccc(NC(=O)C(C)C)cc1. The number of nitrogens with one attached hydrogen (secondary N) is 3. The van der Waals surface area contributed by atoms with Gasteiger partial charge in [-0.1, -0.05) is 26.0 Å². The Labute approximate surface area is 159 Å². The van der Waals surface area contributed by atoms with E-state index in [1.165, 1.54) is 0 Å². The Hall–Kier alpha value is -2.47. The molecular formula is C20H25N3O2S. The molecule has 0 radical (unpaired) electrons. The number of thioether (sulfide) groups is 1. The highest BCUT2D eigenvalue weighted by Gasteiger charge is 2.14. The standard InChI is InChI=1S/C20H25N3O2S/c1-13(2)19(24)22-16-11-9-15(10-12-16)21-14(3)20(25)23-17-7-5-6-8-18(17)26-4/h5-14,21H,1-4H3,(H,22,24)(H,23,25)/t14-/m0/s1. The molecule has 138 valence electrons. The van der Waals surface area contributed by atoms with Gasteiger partial charge in [0.25, 0.3) is 0 Å². The largest absolute Gasteiger partial charge is 0.374 e. The van der Waals surface area contributed by atoms with Crippen LogP contribution in [0.15, 0.2) is 53.4 Å². The van der Waals surface area contributed by atoms with E-state index in [1.54, 1.807) is 11.8 Å². The number of para-hydroxylation sites is 1. The van der Waals surface area contributed by atoms with Crippen molar-refractivity contribution in [2.75, 3.05) is 22.2 Å². The van der Waals surface area contributed by atoms with Crippen molar-refractivity contribution in [1.82, 2.24) is 0 Å². The summed E-state index contributed by atoms with van der Waals surface area (Å²) in [5, 5.41) is 8.96. The minimum atomic E-state index is -0.402. The first-order valence-corrected chi connectivity index (χ1v) is 9.74. The average molecular weight is 372 g/mol. The van der Waals surface area contributed by atoms with Crippen LogP contribution in [0.25, 0.3) is 0 Å². The van der Waals surface area contributed by atoms with Crippen molar-refractivity contribution in [3.63, 3.8) is 0 Å². The van der Waals surface area contributed by atoms with Gasteiger partial charge in [0.1, 0.15) is 6.04 Å². The molecule has 2 rings (SSSR count). The van der Waals surface area contributed by atoms with Crippen molar-refractivity contribution in [1.29, 1.82) is 0 Å². The van der Waals surface area contributed by atoms with Gasteiger partial charge < -0.3 is 16.0 Å². The maximum atomic E-state index is 12.4. The van der Waals surface area contributed by atoms with Crippen LogP contribution < -0.4 is 16.0 Å². The minimum Gasteiger partial charge on any atom is -0.374 e. The Kier molecular flexibility index (Phi) is 7.09. The zero-order chi connectivity index (χ0) is 19.1. The van der Waals surface area contributed by atoms with Crippen LogP contribution in [0.2, 0.25) is 0 Å². The Morgan fingerprint density at radius 2 is 1.46 bits per heavy atom. The molecule has 5 nitrogen and oxygen atoms in total. The van der Waals surface area contributed by atoms with Crippen molar-refractivity contribution in [3.8, 4) is 0 Å². The first-order chi connectivity index (χ1) is 12.4. The van der Waals surface area contributed by atoms with Gasteiger partial charge in [0.15, 0.2) is 0 Å². The second-order valence-corrected chi connectivity index (χ2v) is 7.12. The van der Waals surface area contributed by atoms with E-state index < -0.39 is 6.04 Å². The molecule has 26 heavy (non-hydrogen) atoms. The van der Waals surface area contributed by atoms with Crippen LogP contribution >= 0.6 is 11.8 Å². The lowest BCUT2D eigenvalue weighted by Gasteiger charge is -2.17. The summed E-state index contributed by atoms with van der Waals surface area (Å²) in [5.41, 5.74) is 2.36. The van der Waals surface area contributed by atoms with Crippen molar-refractivity contribution in [2.45, 2.75) is 31.7 Å². The second-order valence-electron chi connectivity index (χ2n) is 6.28. The summed E-state index contributed by atoms with van der Waals surface area (Å²) in [6.07, 6.45) is 1.98. The number of benzene rings is 2. The average Bonchev–Trinajstić information content (AvgIpc) is 2.63. The summed E-state index contributed by atoms with van der Waals surface area (Å²) < 4.78 is 0. The van der Waals surface area contributed by atoms with Crippen LogP contribution in [-0.2, 0) is 9.59 Å². The molecule has 0 aromatic heterocycles. The maximum Gasteiger partial charge on any atom is 0.246 e. The molecule has 0 aliphatic carbocycles. The molecule has 2 aromatic carbocycles. The monoisotopic (exact) mass is 371 g/mol. The first-order valence-electron chi connectivity index (χ1n) is 8.52. The van der Waals surface area contributed by atoms with Crippen molar-refractivity contribution in [2.24, 2.45) is 5.92 Å². The Morgan fingerprint density at radius 3 is 2.08 bits per heavy atom. The fraction of sp³-hybridized carbons (Fsp3) is 0.300. The molecule has 0 spiro atoms. The predicted molar refractivity (Wildman–Crippen MR) is 110 cm³/mol. The van der Waals surface area contributed by atoms with Gasteiger partial charge in [-0.2, -0.15) is 0 Å². The molecule has 0 bridgehead atoms. The van der Waals surface area contributed by atoms with Gasteiger partial charge in [0.05, 0.1) is 5.69 Å². The van der Waals surface area contributed by atoms with Crippen LogP contribution in [0.3, 0.4) is 0 Å². The van der Waals surface area contributed by atoms with E-state index in [4.69, 9.17) is 0 Å². The van der Waals surface area contributed by atoms with Crippen LogP contribution in [0.1, 0.15) is 20.8 Å². The Balaban J connectivity index is 1.95. The van der Waals surface area contributed by atoms with E-state index in [9.17, 15) is 9.59 Å². The smallest absolute Gasteiger partial charge is 0.246 e. The lowest BCUT2D eigenvalue weighted by Crippen LogP contribution is -2.32. The molecule has 6 heteroatoms. The van der Waals surface area contributed by atoms with Gasteiger partial charge in [0, 0.05) is 22.2 Å². The maximum absolute atomic E-state index is 12.4. The van der Waals surface area contributed by atoms with Crippen molar-refractivity contribution < 1.29 is 9.59 Å². The molecule has 0 saturated heterocycles. The topological polar surface area (TPSA) is 70.2 Å². The summed E-state index contributed by atoms with van der Waals surface area (Å²) in [7, 11) is 0. The zero-order valence-corrected chi connectivity index (χ0v) is 16.3. The van der Waals surface area contributed by atoms with E-state index in [0.29, 0.717) is 0 Å². The Morgan fingerprint density at radius 1 is 0.846 bits per heavy atom. The number of hydrogen-bond acceptors (Lipinski definition) is 4. The van der Waals surface area contributed by atoms with Crippen LogP contribution in [0.4, 0.5) is 17.1 Å². The normalized spacial score (nSPS) is 11.7. The number of carbonyl (C=O) groups is 2. The summed E-state index contributed by atoms with van der Waals surface area (Å²) in [6, 6.07) is 14.6. The first kappa shape index (κ1) is 19.8. The molecule has 0 aliphatic heterocycles. The van der Waals surface area contributed by atoms with E-state index in [1.807, 2.05) is 75.6 Å². The molecule has 0 saturated carbocycles. The molecule has 2 amide bonds. The van der Waals surface area contributed by atoms with E-state index in [0.717, 1.165) is 22.0 Å². The molecule has 0 heterocycles. The summed E-state index contributed by atoms with van der Waals surface area (Å²) in [6.45, 7) is 5.51. The number of hydrogen-bond donors (Lipinski definition) is 3. The quantitative estimate of drug-likeness (QED) is 0.629. The number of rotatable bonds is 7. The lowest BCUT2D eigenvalue weighted by atomic mass is 10.2. The van der Waals surface area contributed by atoms with Crippen molar-refractivity contribution in [3.05, 3.63) is 48.5 Å². The second kappa shape index (κ2) is 9.29. The number of amides is 2. The predicted octanol–water partition coefficient (Wildman–Crippen LogP) is 4.44. The molecule has 0 unspecified atom stereocenters. The van der Waals surface area contributed by atoms with Gasteiger partial charge in [-0.05, 0) is 49.6 Å². The van der Waals surface area contributed by atoms with Crippen molar-refractivity contribution >= 4 is 40.6 Å². The fourth-order valence-corrected chi connectivity index (χ4v) is 2.79. The van der Waals surface area contributed by atoms with E-state index in [-0.39, 0.29) is 17.7 Å². The van der Waals surface area contributed by atoms with E-state index in [2.05, 4.69) is 16.0 Å². The summed E-state index contributed by atoms with van der Waals surface area (Å²) >= 11 is 1.59.